The SMILES string of the molecule is CC(C)C(=O)NC1CCN(C(C)C(=O)Nc2ccc(Cl)cc2F)CC1. The van der Waals surface area contributed by atoms with Crippen LogP contribution in [0.3, 0.4) is 0 Å². The van der Waals surface area contributed by atoms with Gasteiger partial charge in [0.15, 0.2) is 0 Å². The van der Waals surface area contributed by atoms with Gasteiger partial charge in [-0.15, -0.1) is 0 Å². The molecule has 1 atom stereocenters. The molecule has 5 nitrogen and oxygen atoms in total. The third-order valence-electron chi connectivity index (χ3n) is 4.52. The van der Waals surface area contributed by atoms with Crippen molar-refractivity contribution in [3.8, 4) is 0 Å². The first-order chi connectivity index (χ1) is 11.8. The Hall–Kier alpha value is -1.66. The number of carbonyl (C=O) groups excluding carboxylic acids is 2. The van der Waals surface area contributed by atoms with Gasteiger partial charge >= 0.3 is 0 Å². The third-order valence-corrected chi connectivity index (χ3v) is 4.75. The van der Waals surface area contributed by atoms with Gasteiger partial charge in [0.25, 0.3) is 0 Å². The van der Waals surface area contributed by atoms with Crippen molar-refractivity contribution in [3.63, 3.8) is 0 Å². The van der Waals surface area contributed by atoms with E-state index in [1.165, 1.54) is 18.2 Å². The van der Waals surface area contributed by atoms with Crippen LogP contribution in [0.15, 0.2) is 18.2 Å². The average molecular weight is 370 g/mol. The fourth-order valence-electron chi connectivity index (χ4n) is 2.79. The van der Waals surface area contributed by atoms with Gasteiger partial charge in [0, 0.05) is 30.1 Å². The molecule has 1 heterocycles. The number of amides is 2. The maximum absolute atomic E-state index is 13.8. The van der Waals surface area contributed by atoms with Crippen molar-refractivity contribution in [2.45, 2.75) is 45.7 Å². The van der Waals surface area contributed by atoms with Crippen LogP contribution < -0.4 is 10.6 Å². The summed E-state index contributed by atoms with van der Waals surface area (Å²) in [7, 11) is 0. The van der Waals surface area contributed by atoms with Gasteiger partial charge in [-0.2, -0.15) is 0 Å². The molecule has 7 heteroatoms. The van der Waals surface area contributed by atoms with Gasteiger partial charge in [0.1, 0.15) is 5.82 Å². The van der Waals surface area contributed by atoms with Crippen molar-refractivity contribution in [3.05, 3.63) is 29.0 Å². The molecule has 1 saturated heterocycles. The number of nitrogens with zero attached hydrogens (tertiary/aromatic N) is 1. The van der Waals surface area contributed by atoms with Crippen molar-refractivity contribution in [1.29, 1.82) is 0 Å². The summed E-state index contributed by atoms with van der Waals surface area (Å²) in [5.41, 5.74) is 0.125. The van der Waals surface area contributed by atoms with E-state index in [4.69, 9.17) is 11.6 Å². The fourth-order valence-corrected chi connectivity index (χ4v) is 2.95. The first-order valence-electron chi connectivity index (χ1n) is 8.58. The molecule has 25 heavy (non-hydrogen) atoms. The van der Waals surface area contributed by atoms with Gasteiger partial charge in [-0.05, 0) is 38.0 Å². The second kappa shape index (κ2) is 8.63. The molecule has 138 valence electrons. The summed E-state index contributed by atoms with van der Waals surface area (Å²) in [6.45, 7) is 6.96. The molecule has 1 unspecified atom stereocenters. The lowest BCUT2D eigenvalue weighted by atomic mass is 10.0. The fraction of sp³-hybridized carbons (Fsp3) is 0.556. The Kier molecular flexibility index (Phi) is 6.79. The topological polar surface area (TPSA) is 61.4 Å². The molecule has 1 aliphatic rings. The highest BCUT2D eigenvalue weighted by Gasteiger charge is 2.28. The Labute approximate surface area is 152 Å². The number of carbonyl (C=O) groups is 2. The van der Waals surface area contributed by atoms with E-state index in [1.54, 1.807) is 6.92 Å². The van der Waals surface area contributed by atoms with Crippen molar-refractivity contribution in [2.24, 2.45) is 5.92 Å². The molecular weight excluding hydrogens is 345 g/mol. The van der Waals surface area contributed by atoms with Crippen molar-refractivity contribution in [2.75, 3.05) is 18.4 Å². The minimum absolute atomic E-state index is 0.0306. The van der Waals surface area contributed by atoms with Crippen LogP contribution in [0.25, 0.3) is 0 Å². The summed E-state index contributed by atoms with van der Waals surface area (Å²) >= 11 is 5.72. The lowest BCUT2D eigenvalue weighted by Gasteiger charge is -2.35. The van der Waals surface area contributed by atoms with Crippen molar-refractivity contribution >= 4 is 29.1 Å². The van der Waals surface area contributed by atoms with Crippen LogP contribution >= 0.6 is 11.6 Å². The molecule has 2 amide bonds. The Balaban J connectivity index is 1.86. The Bertz CT molecular complexity index is 631. The summed E-state index contributed by atoms with van der Waals surface area (Å²) in [4.78, 5) is 26.2. The van der Waals surface area contributed by atoms with E-state index < -0.39 is 5.82 Å². The van der Waals surface area contributed by atoms with Crippen LogP contribution in [0.1, 0.15) is 33.6 Å². The smallest absolute Gasteiger partial charge is 0.241 e. The van der Waals surface area contributed by atoms with E-state index in [2.05, 4.69) is 10.6 Å². The van der Waals surface area contributed by atoms with Crippen LogP contribution in [-0.4, -0.2) is 41.9 Å². The van der Waals surface area contributed by atoms with Gasteiger partial charge in [-0.25, -0.2) is 4.39 Å². The minimum atomic E-state index is -0.553. The normalized spacial score (nSPS) is 17.4. The van der Waals surface area contributed by atoms with Gasteiger partial charge in [-0.3, -0.25) is 14.5 Å². The second-order valence-corrected chi connectivity index (χ2v) is 7.20. The number of hydrogen-bond acceptors (Lipinski definition) is 3. The molecule has 0 bridgehead atoms. The van der Waals surface area contributed by atoms with Crippen molar-refractivity contribution in [1.82, 2.24) is 10.2 Å². The molecule has 2 rings (SSSR count). The minimum Gasteiger partial charge on any atom is -0.353 e. The quantitative estimate of drug-likeness (QED) is 0.838. The molecular formula is C18H25ClFN3O2. The van der Waals surface area contributed by atoms with E-state index in [1.807, 2.05) is 18.7 Å². The van der Waals surface area contributed by atoms with Crippen LogP contribution in [-0.2, 0) is 9.59 Å². The highest BCUT2D eigenvalue weighted by atomic mass is 35.5. The number of anilines is 1. The molecule has 2 N–H and O–H groups in total. The molecule has 0 saturated carbocycles. The van der Waals surface area contributed by atoms with Crippen LogP contribution in [0.4, 0.5) is 10.1 Å². The zero-order valence-electron chi connectivity index (χ0n) is 14.8. The number of rotatable bonds is 5. The van der Waals surface area contributed by atoms with Gasteiger partial charge < -0.3 is 10.6 Å². The number of nitrogens with one attached hydrogen (secondary N) is 2. The van der Waals surface area contributed by atoms with Crippen LogP contribution in [0, 0.1) is 11.7 Å². The maximum Gasteiger partial charge on any atom is 0.241 e. The summed E-state index contributed by atoms with van der Waals surface area (Å²) in [5.74, 6) is -0.784. The molecule has 1 aromatic rings. The van der Waals surface area contributed by atoms with Gasteiger partial charge in [0.05, 0.1) is 11.7 Å². The highest BCUT2D eigenvalue weighted by Crippen LogP contribution is 2.20. The van der Waals surface area contributed by atoms with E-state index in [0.29, 0.717) is 13.1 Å². The lowest BCUT2D eigenvalue weighted by Crippen LogP contribution is -2.50. The standard InChI is InChI=1S/C18H25ClFN3O2/c1-11(2)17(24)21-14-6-8-23(9-7-14)12(3)18(25)22-16-5-4-13(19)10-15(16)20/h4-5,10-12,14H,6-9H2,1-3H3,(H,21,24)(H,22,25). The molecule has 1 aromatic carbocycles. The summed E-state index contributed by atoms with van der Waals surface area (Å²) in [5, 5.41) is 5.93. The summed E-state index contributed by atoms with van der Waals surface area (Å²) < 4.78 is 13.8. The Morgan fingerprint density at radius 3 is 2.40 bits per heavy atom. The zero-order valence-corrected chi connectivity index (χ0v) is 15.6. The molecule has 0 aromatic heterocycles. The zero-order chi connectivity index (χ0) is 18.6. The predicted molar refractivity (Wildman–Crippen MR) is 97.1 cm³/mol. The average Bonchev–Trinajstić information content (AvgIpc) is 2.57. The summed E-state index contributed by atoms with van der Waals surface area (Å²) in [6, 6.07) is 3.93. The van der Waals surface area contributed by atoms with E-state index >= 15 is 0 Å². The van der Waals surface area contributed by atoms with E-state index in [9.17, 15) is 14.0 Å². The van der Waals surface area contributed by atoms with E-state index in [-0.39, 0.29) is 40.5 Å². The van der Waals surface area contributed by atoms with Crippen LogP contribution in [0.5, 0.6) is 0 Å². The monoisotopic (exact) mass is 369 g/mol. The largest absolute Gasteiger partial charge is 0.353 e. The van der Waals surface area contributed by atoms with Gasteiger partial charge in [-0.1, -0.05) is 25.4 Å². The molecule has 0 radical (unpaired) electrons. The second-order valence-electron chi connectivity index (χ2n) is 6.76. The Morgan fingerprint density at radius 2 is 1.84 bits per heavy atom. The summed E-state index contributed by atoms with van der Waals surface area (Å²) in [6.07, 6.45) is 1.59. The number of hydrogen-bond donors (Lipinski definition) is 2. The molecule has 1 aliphatic heterocycles. The molecule has 0 spiro atoms. The number of halogens is 2. The van der Waals surface area contributed by atoms with Gasteiger partial charge in [0.2, 0.25) is 11.8 Å². The number of likely N-dealkylation sites (tertiary alicyclic amines) is 1. The maximum atomic E-state index is 13.8. The van der Waals surface area contributed by atoms with Crippen molar-refractivity contribution < 1.29 is 14.0 Å². The lowest BCUT2D eigenvalue weighted by molar-refractivity contribution is -0.126. The predicted octanol–water partition coefficient (Wildman–Crippen LogP) is 3.04. The Morgan fingerprint density at radius 1 is 1.20 bits per heavy atom. The first-order valence-corrected chi connectivity index (χ1v) is 8.96. The highest BCUT2D eigenvalue weighted by molar-refractivity contribution is 6.30. The first kappa shape index (κ1) is 19.7. The third kappa shape index (κ3) is 5.41. The molecule has 1 fully saturated rings. The number of piperidine rings is 1. The van der Waals surface area contributed by atoms with Crippen LogP contribution in [0.2, 0.25) is 5.02 Å². The number of benzene rings is 1. The van der Waals surface area contributed by atoms with E-state index in [0.717, 1.165) is 12.8 Å². The molecule has 0 aliphatic carbocycles.